The van der Waals surface area contributed by atoms with E-state index < -0.39 is 4.92 Å². The predicted octanol–water partition coefficient (Wildman–Crippen LogP) is 1.42. The second kappa shape index (κ2) is 5.24. The molecule has 1 aromatic heterocycles. The molecular formula is C9H15N5O2. The van der Waals surface area contributed by atoms with Crippen molar-refractivity contribution in [2.45, 2.75) is 20.3 Å². The number of nitrogens with two attached hydrogens (primary N) is 1. The maximum Gasteiger partial charge on any atom is 0.329 e. The Labute approximate surface area is 93.2 Å². The van der Waals surface area contributed by atoms with Gasteiger partial charge < -0.3 is 11.1 Å². The lowest BCUT2D eigenvalue weighted by Gasteiger charge is -2.07. The lowest BCUT2D eigenvalue weighted by molar-refractivity contribution is -0.384. The number of hydrogen-bond donors (Lipinski definition) is 2. The van der Waals surface area contributed by atoms with Crippen molar-refractivity contribution >= 4 is 17.5 Å². The second-order valence-corrected chi connectivity index (χ2v) is 3.83. The van der Waals surface area contributed by atoms with E-state index in [-0.39, 0.29) is 17.5 Å². The highest BCUT2D eigenvalue weighted by atomic mass is 16.6. The topological polar surface area (TPSA) is 107 Å². The van der Waals surface area contributed by atoms with Gasteiger partial charge >= 0.3 is 5.69 Å². The van der Waals surface area contributed by atoms with E-state index in [2.05, 4.69) is 29.1 Å². The first-order valence-corrected chi connectivity index (χ1v) is 5.01. The van der Waals surface area contributed by atoms with Crippen LogP contribution < -0.4 is 11.1 Å². The Morgan fingerprint density at radius 3 is 2.88 bits per heavy atom. The molecule has 1 heterocycles. The third kappa shape index (κ3) is 3.34. The van der Waals surface area contributed by atoms with Gasteiger partial charge in [-0.05, 0) is 12.3 Å². The van der Waals surface area contributed by atoms with Crippen LogP contribution in [0.15, 0.2) is 6.20 Å². The molecule has 0 aliphatic carbocycles. The Morgan fingerprint density at radius 2 is 2.31 bits per heavy atom. The third-order valence-corrected chi connectivity index (χ3v) is 2.00. The summed E-state index contributed by atoms with van der Waals surface area (Å²) >= 11 is 0. The lowest BCUT2D eigenvalue weighted by Crippen LogP contribution is -2.10. The van der Waals surface area contributed by atoms with Gasteiger partial charge in [-0.2, -0.15) is 4.98 Å². The smallest absolute Gasteiger partial charge is 0.329 e. The first-order chi connectivity index (χ1) is 7.50. The molecule has 0 saturated heterocycles. The molecule has 3 N–H and O–H groups in total. The number of nitro groups is 1. The summed E-state index contributed by atoms with van der Waals surface area (Å²) in [4.78, 5) is 17.5. The second-order valence-electron chi connectivity index (χ2n) is 3.83. The van der Waals surface area contributed by atoms with Gasteiger partial charge in [0.25, 0.3) is 0 Å². The van der Waals surface area contributed by atoms with Crippen molar-refractivity contribution in [1.29, 1.82) is 0 Å². The van der Waals surface area contributed by atoms with E-state index in [0.29, 0.717) is 12.5 Å². The molecular weight excluding hydrogens is 210 g/mol. The minimum absolute atomic E-state index is 0.0256. The molecule has 88 valence electrons. The largest absolute Gasteiger partial charge is 0.368 e. The van der Waals surface area contributed by atoms with Gasteiger partial charge in [0, 0.05) is 6.54 Å². The summed E-state index contributed by atoms with van der Waals surface area (Å²) in [5.41, 5.74) is 5.22. The molecule has 0 aromatic carbocycles. The highest BCUT2D eigenvalue weighted by Gasteiger charge is 2.15. The molecule has 16 heavy (non-hydrogen) atoms. The Hall–Kier alpha value is -1.92. The SMILES string of the molecule is CC(C)CCNc1nc(N)ncc1[N+](=O)[O-]. The van der Waals surface area contributed by atoms with Crippen molar-refractivity contribution in [2.75, 3.05) is 17.6 Å². The van der Waals surface area contributed by atoms with E-state index in [1.807, 2.05) is 0 Å². The van der Waals surface area contributed by atoms with Gasteiger partial charge in [0.15, 0.2) is 0 Å². The van der Waals surface area contributed by atoms with Crippen LogP contribution in [0.5, 0.6) is 0 Å². The molecule has 0 saturated carbocycles. The van der Waals surface area contributed by atoms with E-state index >= 15 is 0 Å². The fraction of sp³-hybridized carbons (Fsp3) is 0.556. The van der Waals surface area contributed by atoms with Gasteiger partial charge in [-0.15, -0.1) is 0 Å². The first kappa shape index (κ1) is 12.2. The standard InChI is InChI=1S/C9H15N5O2/c1-6(2)3-4-11-8-7(14(15)16)5-12-9(10)13-8/h5-6H,3-4H2,1-2H3,(H3,10,11,12,13). The van der Waals surface area contributed by atoms with Crippen LogP contribution in [0.25, 0.3) is 0 Å². The molecule has 0 atom stereocenters. The predicted molar refractivity (Wildman–Crippen MR) is 61.0 cm³/mol. The summed E-state index contributed by atoms with van der Waals surface area (Å²) < 4.78 is 0. The van der Waals surface area contributed by atoms with Gasteiger partial charge in [0.2, 0.25) is 11.8 Å². The molecule has 7 heteroatoms. The van der Waals surface area contributed by atoms with Gasteiger partial charge in [-0.1, -0.05) is 13.8 Å². The van der Waals surface area contributed by atoms with Crippen LogP contribution in [0.4, 0.5) is 17.5 Å². The zero-order chi connectivity index (χ0) is 12.1. The summed E-state index contributed by atoms with van der Waals surface area (Å²) in [6.07, 6.45) is 2.01. The van der Waals surface area contributed by atoms with E-state index in [9.17, 15) is 10.1 Å². The molecule has 0 spiro atoms. The van der Waals surface area contributed by atoms with Crippen LogP contribution >= 0.6 is 0 Å². The maximum absolute atomic E-state index is 10.7. The number of nitrogen functional groups attached to an aromatic ring is 1. The lowest BCUT2D eigenvalue weighted by atomic mass is 10.1. The normalized spacial score (nSPS) is 10.4. The van der Waals surface area contributed by atoms with Crippen LogP contribution in [0.2, 0.25) is 0 Å². The monoisotopic (exact) mass is 225 g/mol. The number of aromatic nitrogens is 2. The summed E-state index contributed by atoms with van der Waals surface area (Å²) in [5.74, 6) is 0.724. The van der Waals surface area contributed by atoms with Crippen molar-refractivity contribution in [1.82, 2.24) is 9.97 Å². The van der Waals surface area contributed by atoms with Gasteiger partial charge in [0.05, 0.1) is 4.92 Å². The molecule has 1 aromatic rings. The molecule has 0 fully saturated rings. The van der Waals surface area contributed by atoms with E-state index in [1.165, 1.54) is 0 Å². The number of rotatable bonds is 5. The zero-order valence-electron chi connectivity index (χ0n) is 9.30. The molecule has 0 aliphatic rings. The van der Waals surface area contributed by atoms with Gasteiger partial charge in [-0.25, -0.2) is 4.98 Å². The quantitative estimate of drug-likeness (QED) is 0.579. The van der Waals surface area contributed by atoms with Crippen LogP contribution in [0.3, 0.4) is 0 Å². The minimum Gasteiger partial charge on any atom is -0.368 e. The Bertz CT molecular complexity index is 380. The average Bonchev–Trinajstić information content (AvgIpc) is 2.16. The molecule has 0 bridgehead atoms. The number of hydrogen-bond acceptors (Lipinski definition) is 6. The summed E-state index contributed by atoms with van der Waals surface area (Å²) in [6.45, 7) is 4.77. The van der Waals surface area contributed by atoms with Crippen molar-refractivity contribution in [3.8, 4) is 0 Å². The van der Waals surface area contributed by atoms with E-state index in [0.717, 1.165) is 12.6 Å². The third-order valence-electron chi connectivity index (χ3n) is 2.00. The van der Waals surface area contributed by atoms with Crippen molar-refractivity contribution < 1.29 is 4.92 Å². The van der Waals surface area contributed by atoms with Crippen molar-refractivity contribution in [3.05, 3.63) is 16.3 Å². The van der Waals surface area contributed by atoms with Gasteiger partial charge in [0.1, 0.15) is 6.20 Å². The molecule has 0 aliphatic heterocycles. The molecule has 0 unspecified atom stereocenters. The highest BCUT2D eigenvalue weighted by molar-refractivity contribution is 5.56. The highest BCUT2D eigenvalue weighted by Crippen LogP contribution is 2.21. The van der Waals surface area contributed by atoms with E-state index in [1.54, 1.807) is 0 Å². The van der Waals surface area contributed by atoms with E-state index in [4.69, 9.17) is 5.73 Å². The molecule has 0 radical (unpaired) electrons. The van der Waals surface area contributed by atoms with Gasteiger partial charge in [-0.3, -0.25) is 10.1 Å². The molecule has 1 rings (SSSR count). The van der Waals surface area contributed by atoms with Crippen molar-refractivity contribution in [3.63, 3.8) is 0 Å². The fourth-order valence-electron chi connectivity index (χ4n) is 1.13. The minimum atomic E-state index is -0.531. The zero-order valence-corrected chi connectivity index (χ0v) is 9.30. The fourth-order valence-corrected chi connectivity index (χ4v) is 1.13. The Balaban J connectivity index is 2.76. The average molecular weight is 225 g/mol. The summed E-state index contributed by atoms with van der Waals surface area (Å²) in [6, 6.07) is 0. The number of anilines is 2. The summed E-state index contributed by atoms with van der Waals surface area (Å²) in [5, 5.41) is 13.6. The van der Waals surface area contributed by atoms with Crippen LogP contribution in [-0.4, -0.2) is 21.4 Å². The summed E-state index contributed by atoms with van der Waals surface area (Å²) in [7, 11) is 0. The molecule has 0 amide bonds. The Morgan fingerprint density at radius 1 is 1.62 bits per heavy atom. The Kier molecular flexibility index (Phi) is 3.98. The van der Waals surface area contributed by atoms with Crippen LogP contribution in [-0.2, 0) is 0 Å². The number of nitrogens with zero attached hydrogens (tertiary/aromatic N) is 3. The molecule has 7 nitrogen and oxygen atoms in total. The van der Waals surface area contributed by atoms with Crippen LogP contribution in [0, 0.1) is 16.0 Å². The first-order valence-electron chi connectivity index (χ1n) is 5.01. The number of nitrogens with one attached hydrogen (secondary N) is 1. The van der Waals surface area contributed by atoms with Crippen molar-refractivity contribution in [2.24, 2.45) is 5.92 Å². The van der Waals surface area contributed by atoms with Crippen LogP contribution in [0.1, 0.15) is 20.3 Å². The maximum atomic E-state index is 10.7.